The maximum atomic E-state index is 9.19. The van der Waals surface area contributed by atoms with Gasteiger partial charge in [0.2, 0.25) is 0 Å². The van der Waals surface area contributed by atoms with Crippen LogP contribution >= 0.6 is 23.8 Å². The topological polar surface area (TPSA) is 72.0 Å². The maximum Gasteiger partial charge on any atom is 0.0890 e. The minimum absolute atomic E-state index is 0. The predicted octanol–water partition coefficient (Wildman–Crippen LogP) is 2.62. The van der Waals surface area contributed by atoms with Gasteiger partial charge in [0.1, 0.15) is 0 Å². The number of hydrogen-bond acceptors (Lipinski definition) is 3. The number of aryl methyl sites for hydroxylation is 1. The minimum atomic E-state index is 0. The molecule has 2 aromatic rings. The first-order valence-electron chi connectivity index (χ1n) is 6.33. The highest BCUT2D eigenvalue weighted by molar-refractivity contribution is 7.97. The second-order valence-corrected chi connectivity index (χ2v) is 5.72. The Hall–Kier alpha value is -1.01. The van der Waals surface area contributed by atoms with Crippen molar-refractivity contribution >= 4 is 39.8 Å². The van der Waals surface area contributed by atoms with Gasteiger partial charge in [0.15, 0.2) is 0 Å². The van der Waals surface area contributed by atoms with Gasteiger partial charge in [-0.1, -0.05) is 6.07 Å². The Kier molecular flexibility index (Phi) is 7.09. The number of aromatic nitrogens is 2. The first kappa shape index (κ1) is 17.0. The molecule has 0 aliphatic heterocycles. The molecule has 110 valence electrons. The van der Waals surface area contributed by atoms with Crippen molar-refractivity contribution in [2.75, 3.05) is 6.54 Å². The number of aliphatic hydroxyl groups excluding tert-OH is 1. The van der Waals surface area contributed by atoms with Crippen LogP contribution in [-0.4, -0.2) is 26.7 Å². The zero-order chi connectivity index (χ0) is 13.7. The van der Waals surface area contributed by atoms with Crippen LogP contribution < -0.4 is 5.73 Å². The summed E-state index contributed by atoms with van der Waals surface area (Å²) in [6, 6.07) is 6.16. The highest BCUT2D eigenvalue weighted by Crippen LogP contribution is 2.14. The molecule has 0 fully saturated rings. The molecule has 0 saturated heterocycles. The van der Waals surface area contributed by atoms with Crippen LogP contribution in [0.5, 0.6) is 0 Å². The van der Waals surface area contributed by atoms with Crippen LogP contribution in [0.1, 0.15) is 24.6 Å². The van der Waals surface area contributed by atoms with E-state index in [1.807, 2.05) is 6.07 Å². The van der Waals surface area contributed by atoms with Crippen molar-refractivity contribution in [3.63, 3.8) is 0 Å². The van der Waals surface area contributed by atoms with E-state index in [0.29, 0.717) is 17.3 Å². The summed E-state index contributed by atoms with van der Waals surface area (Å²) in [5, 5.41) is 9.59. The molecule has 2 rings (SSSR count). The molecule has 4 nitrogen and oxygen atoms in total. The van der Waals surface area contributed by atoms with Crippen LogP contribution in [0.25, 0.3) is 11.0 Å². The molecular formula is C14H20ClN3OS. The molecule has 1 aromatic heterocycles. The van der Waals surface area contributed by atoms with Gasteiger partial charge in [0, 0.05) is 11.9 Å². The maximum absolute atomic E-state index is 9.19. The van der Waals surface area contributed by atoms with E-state index in [0.717, 1.165) is 40.9 Å². The van der Waals surface area contributed by atoms with E-state index >= 15 is 0 Å². The summed E-state index contributed by atoms with van der Waals surface area (Å²) in [4.78, 5) is 8.99. The lowest BCUT2D eigenvalue weighted by molar-refractivity contribution is 0.564. The molecule has 1 aromatic carbocycles. The summed E-state index contributed by atoms with van der Waals surface area (Å²) in [5.74, 6) is 0.695. The first-order valence-corrected chi connectivity index (χ1v) is 7.41. The van der Waals surface area contributed by atoms with E-state index in [2.05, 4.69) is 22.1 Å². The average Bonchev–Trinajstić information content (AvgIpc) is 2.42. The lowest BCUT2D eigenvalue weighted by Gasteiger charge is -2.04. The Balaban J connectivity index is 0.00000200. The van der Waals surface area contributed by atoms with E-state index in [1.165, 1.54) is 5.56 Å². The molecule has 20 heavy (non-hydrogen) atoms. The van der Waals surface area contributed by atoms with Crippen LogP contribution in [0.3, 0.4) is 0 Å². The normalized spacial score (nSPS) is 11.8. The largest absolute Gasteiger partial charge is 0.360 e. The number of benzene rings is 1. The number of rotatable bonds is 5. The van der Waals surface area contributed by atoms with E-state index < -0.39 is 0 Å². The molecule has 0 spiro atoms. The zero-order valence-electron chi connectivity index (χ0n) is 11.4. The van der Waals surface area contributed by atoms with Crippen molar-refractivity contribution in [3.8, 4) is 0 Å². The Labute approximate surface area is 128 Å². The second kappa shape index (κ2) is 8.32. The highest BCUT2D eigenvalue weighted by Gasteiger charge is 2.01. The lowest BCUT2D eigenvalue weighted by atomic mass is 10.1. The number of thiol groups is 1. The number of aliphatic hydroxyl groups is 1. The third-order valence-corrected chi connectivity index (χ3v) is 3.74. The number of fused-ring (bicyclic) bond motifs is 1. The fourth-order valence-corrected chi connectivity index (χ4v) is 2.37. The second-order valence-electron chi connectivity index (χ2n) is 4.44. The van der Waals surface area contributed by atoms with Gasteiger partial charge >= 0.3 is 0 Å². The fraction of sp³-hybridized carbons (Fsp3) is 0.357. The molecule has 0 bridgehead atoms. The standard InChI is InChI=1S/C14H19N3OS.ClH/c1-10(18)19-9-12-8-16-14-7-11(3-2-6-15)4-5-13(14)17-12;/h4-5,7-8,18-19H,2-3,6,9,15H2,1H3;1H. The zero-order valence-corrected chi connectivity index (χ0v) is 13.1. The Morgan fingerprint density at radius 2 is 2.15 bits per heavy atom. The summed E-state index contributed by atoms with van der Waals surface area (Å²) in [6.45, 7) is 2.40. The van der Waals surface area contributed by atoms with Gasteiger partial charge in [-0.15, -0.1) is 12.4 Å². The molecule has 0 saturated carbocycles. The number of hydrogen-bond donors (Lipinski definition) is 3. The molecular weight excluding hydrogens is 294 g/mol. The molecule has 1 heterocycles. The van der Waals surface area contributed by atoms with E-state index in [1.54, 1.807) is 13.1 Å². The van der Waals surface area contributed by atoms with Gasteiger partial charge in [-0.3, -0.25) is 4.98 Å². The summed E-state index contributed by atoms with van der Waals surface area (Å²) < 4.78 is 0. The lowest BCUT2D eigenvalue weighted by Crippen LogP contribution is -2.00. The average molecular weight is 314 g/mol. The van der Waals surface area contributed by atoms with E-state index in [4.69, 9.17) is 5.73 Å². The molecule has 0 unspecified atom stereocenters. The van der Waals surface area contributed by atoms with Gasteiger partial charge < -0.3 is 10.8 Å². The summed E-state index contributed by atoms with van der Waals surface area (Å²) in [7, 11) is 0. The summed E-state index contributed by atoms with van der Waals surface area (Å²) in [5.41, 5.74) is 9.48. The van der Waals surface area contributed by atoms with Gasteiger partial charge in [-0.05, 0) is 44.0 Å². The summed E-state index contributed by atoms with van der Waals surface area (Å²) >= 11 is 0.877. The van der Waals surface area contributed by atoms with Gasteiger partial charge in [0.05, 0.1) is 21.8 Å². The highest BCUT2D eigenvalue weighted by atomic mass is 35.5. The monoisotopic (exact) mass is 313 g/mol. The van der Waals surface area contributed by atoms with Crippen LogP contribution in [-0.2, 0) is 12.2 Å². The Bertz CT molecular complexity index is 600. The smallest absolute Gasteiger partial charge is 0.0890 e. The molecule has 0 atom stereocenters. The van der Waals surface area contributed by atoms with E-state index in [9.17, 15) is 5.11 Å². The molecule has 6 heteroatoms. The minimum Gasteiger partial charge on any atom is -0.360 e. The Morgan fingerprint density at radius 3 is 2.85 bits per heavy atom. The van der Waals surface area contributed by atoms with Crippen molar-refractivity contribution in [1.29, 1.82) is 0 Å². The first-order chi connectivity index (χ1) is 9.19. The van der Waals surface area contributed by atoms with Crippen molar-refractivity contribution in [2.24, 2.45) is 5.73 Å². The number of halogens is 1. The fourth-order valence-electron chi connectivity index (χ4n) is 1.83. The van der Waals surface area contributed by atoms with Gasteiger partial charge in [0.25, 0.3) is 0 Å². The van der Waals surface area contributed by atoms with Crippen molar-refractivity contribution in [1.82, 2.24) is 9.97 Å². The predicted molar refractivity (Wildman–Crippen MR) is 90.2 cm³/mol. The van der Waals surface area contributed by atoms with Crippen LogP contribution in [0.15, 0.2) is 24.4 Å². The molecule has 0 amide bonds. The summed E-state index contributed by atoms with van der Waals surface area (Å²) in [6.07, 6.45) is 3.75. The third kappa shape index (κ3) is 4.83. The van der Waals surface area contributed by atoms with Crippen molar-refractivity contribution < 1.29 is 5.11 Å². The van der Waals surface area contributed by atoms with Crippen molar-refractivity contribution in [3.05, 3.63) is 35.7 Å². The molecule has 0 aliphatic rings. The molecule has 0 aliphatic carbocycles. The Morgan fingerprint density at radius 1 is 1.35 bits per heavy atom. The van der Waals surface area contributed by atoms with Gasteiger partial charge in [-0.2, -0.15) is 11.4 Å². The third-order valence-electron chi connectivity index (χ3n) is 2.80. The van der Waals surface area contributed by atoms with Crippen LogP contribution in [0.2, 0.25) is 0 Å². The number of nitrogens with zero attached hydrogens (tertiary/aromatic N) is 2. The number of nitrogens with two attached hydrogens (primary N) is 1. The van der Waals surface area contributed by atoms with Crippen LogP contribution in [0, 0.1) is 0 Å². The SMILES string of the molecule is CC(O)=[SH]Cc1cnc2cc(CCCN)ccc2n1.Cl. The van der Waals surface area contributed by atoms with Gasteiger partial charge in [-0.25, -0.2) is 4.98 Å². The molecule has 0 radical (unpaired) electrons. The quantitative estimate of drug-likeness (QED) is 0.586. The van der Waals surface area contributed by atoms with Crippen molar-refractivity contribution in [2.45, 2.75) is 25.5 Å². The van der Waals surface area contributed by atoms with Crippen LogP contribution in [0.4, 0.5) is 0 Å². The molecule has 3 N–H and O–H groups in total. The van der Waals surface area contributed by atoms with E-state index in [-0.39, 0.29) is 12.4 Å².